The summed E-state index contributed by atoms with van der Waals surface area (Å²) in [4.78, 5) is 26.1. The largest absolute Gasteiger partial charge is 0.497 e. The van der Waals surface area contributed by atoms with Crippen LogP contribution >= 0.6 is 0 Å². The summed E-state index contributed by atoms with van der Waals surface area (Å²) in [7, 11) is 3.16. The summed E-state index contributed by atoms with van der Waals surface area (Å²) in [6.45, 7) is 4.26. The Hall–Kier alpha value is -2.93. The molecular weight excluding hydrogens is 373 g/mol. The van der Waals surface area contributed by atoms with Gasteiger partial charge in [-0.05, 0) is 24.3 Å². The van der Waals surface area contributed by atoms with E-state index in [1.54, 1.807) is 50.6 Å². The molecule has 0 radical (unpaired) electrons. The third-order valence-electron chi connectivity index (χ3n) is 4.68. The van der Waals surface area contributed by atoms with E-state index in [-0.39, 0.29) is 42.7 Å². The maximum absolute atomic E-state index is 13.2. The van der Waals surface area contributed by atoms with Crippen molar-refractivity contribution in [2.75, 3.05) is 32.6 Å². The third-order valence-corrected chi connectivity index (χ3v) is 4.68. The molecular formula is C22H29FN3O3+. The van der Waals surface area contributed by atoms with Crippen LogP contribution in [0.5, 0.6) is 5.75 Å². The van der Waals surface area contributed by atoms with Crippen molar-refractivity contribution in [2.45, 2.75) is 19.9 Å². The molecule has 1 atom stereocenters. The van der Waals surface area contributed by atoms with Crippen LogP contribution in [-0.4, -0.2) is 44.0 Å². The van der Waals surface area contributed by atoms with E-state index in [0.717, 1.165) is 5.56 Å². The molecule has 6 nitrogen and oxygen atoms in total. The number of quaternary nitrogens is 1. The number of methoxy groups -OCH3 is 1. The molecule has 0 aliphatic rings. The van der Waals surface area contributed by atoms with E-state index in [9.17, 15) is 14.0 Å². The first kappa shape index (κ1) is 22.4. The molecule has 0 unspecified atom stereocenters. The molecule has 2 aromatic rings. The lowest BCUT2D eigenvalue weighted by atomic mass is 9.96. The SMILES string of the molecule is COc1cccc(NC(=O)CN(C)C(=O)C[NH2+][C@H](c2ccc(F)cc2)C(C)C)c1. The average Bonchev–Trinajstić information content (AvgIpc) is 2.69. The predicted octanol–water partition coefficient (Wildman–Crippen LogP) is 2.19. The molecule has 0 fully saturated rings. The number of nitrogens with two attached hydrogens (primary N) is 1. The van der Waals surface area contributed by atoms with Crippen LogP contribution in [0, 0.1) is 11.7 Å². The van der Waals surface area contributed by atoms with Crippen LogP contribution in [0.2, 0.25) is 0 Å². The number of hydrogen-bond donors (Lipinski definition) is 2. The molecule has 7 heteroatoms. The van der Waals surface area contributed by atoms with Gasteiger partial charge >= 0.3 is 0 Å². The minimum Gasteiger partial charge on any atom is -0.497 e. The van der Waals surface area contributed by atoms with Crippen LogP contribution in [-0.2, 0) is 9.59 Å². The zero-order valence-corrected chi connectivity index (χ0v) is 17.3. The Morgan fingerprint density at radius 3 is 2.48 bits per heavy atom. The highest BCUT2D eigenvalue weighted by Gasteiger charge is 2.22. The minimum atomic E-state index is -0.284. The number of anilines is 1. The normalized spacial score (nSPS) is 11.8. The minimum absolute atomic E-state index is 0.0264. The number of rotatable bonds is 9. The number of hydrogen-bond acceptors (Lipinski definition) is 3. The zero-order chi connectivity index (χ0) is 21.4. The van der Waals surface area contributed by atoms with Crippen LogP contribution in [0.1, 0.15) is 25.5 Å². The lowest BCUT2D eigenvalue weighted by molar-refractivity contribution is -0.692. The number of carbonyl (C=O) groups is 2. The molecule has 2 rings (SSSR count). The van der Waals surface area contributed by atoms with Gasteiger partial charge in [-0.15, -0.1) is 0 Å². The lowest BCUT2D eigenvalue weighted by Gasteiger charge is -2.21. The Balaban J connectivity index is 1.88. The van der Waals surface area contributed by atoms with Gasteiger partial charge < -0.3 is 20.3 Å². The molecule has 29 heavy (non-hydrogen) atoms. The van der Waals surface area contributed by atoms with Crippen molar-refractivity contribution < 1.29 is 24.0 Å². The number of benzene rings is 2. The molecule has 0 heterocycles. The second kappa shape index (κ2) is 10.6. The molecule has 0 bridgehead atoms. The molecule has 0 saturated heterocycles. The van der Waals surface area contributed by atoms with E-state index in [2.05, 4.69) is 19.2 Å². The van der Waals surface area contributed by atoms with Crippen molar-refractivity contribution >= 4 is 17.5 Å². The van der Waals surface area contributed by atoms with Gasteiger partial charge in [0.25, 0.3) is 5.91 Å². The van der Waals surface area contributed by atoms with Crippen LogP contribution in [0.3, 0.4) is 0 Å². The Labute approximate surface area is 171 Å². The number of halogens is 1. The van der Waals surface area contributed by atoms with Gasteiger partial charge in [-0.3, -0.25) is 9.59 Å². The van der Waals surface area contributed by atoms with Gasteiger partial charge in [0.1, 0.15) is 17.6 Å². The maximum atomic E-state index is 13.2. The second-order valence-corrected chi connectivity index (χ2v) is 7.29. The summed E-state index contributed by atoms with van der Waals surface area (Å²) < 4.78 is 18.3. The first-order valence-corrected chi connectivity index (χ1v) is 9.56. The Kier molecular flexibility index (Phi) is 8.15. The van der Waals surface area contributed by atoms with Gasteiger partial charge in [0.2, 0.25) is 5.91 Å². The van der Waals surface area contributed by atoms with Gasteiger partial charge in [0, 0.05) is 30.3 Å². The Morgan fingerprint density at radius 1 is 1.17 bits per heavy atom. The number of nitrogens with zero attached hydrogens (tertiary/aromatic N) is 1. The van der Waals surface area contributed by atoms with E-state index in [0.29, 0.717) is 11.4 Å². The fraction of sp³-hybridized carbons (Fsp3) is 0.364. The van der Waals surface area contributed by atoms with Crippen molar-refractivity contribution in [2.24, 2.45) is 5.92 Å². The van der Waals surface area contributed by atoms with Crippen molar-refractivity contribution in [3.63, 3.8) is 0 Å². The molecule has 0 aromatic heterocycles. The molecule has 3 N–H and O–H groups in total. The summed E-state index contributed by atoms with van der Waals surface area (Å²) in [5.41, 5.74) is 1.57. The molecule has 0 spiro atoms. The fourth-order valence-electron chi connectivity index (χ4n) is 3.07. The van der Waals surface area contributed by atoms with E-state index in [1.807, 2.05) is 5.32 Å². The summed E-state index contributed by atoms with van der Waals surface area (Å²) in [5.74, 6) is 0.179. The first-order valence-electron chi connectivity index (χ1n) is 9.56. The zero-order valence-electron chi connectivity index (χ0n) is 17.3. The highest BCUT2D eigenvalue weighted by molar-refractivity contribution is 5.94. The highest BCUT2D eigenvalue weighted by atomic mass is 19.1. The highest BCUT2D eigenvalue weighted by Crippen LogP contribution is 2.18. The second-order valence-electron chi connectivity index (χ2n) is 7.29. The molecule has 0 saturated carbocycles. The number of ether oxygens (including phenoxy) is 1. The monoisotopic (exact) mass is 402 g/mol. The van der Waals surface area contributed by atoms with E-state index in [1.165, 1.54) is 17.0 Å². The quantitative estimate of drug-likeness (QED) is 0.675. The number of likely N-dealkylation sites (N-methyl/N-ethyl adjacent to an activating group) is 1. The van der Waals surface area contributed by atoms with Crippen molar-refractivity contribution in [3.8, 4) is 5.75 Å². The third kappa shape index (κ3) is 6.87. The molecule has 156 valence electrons. The average molecular weight is 402 g/mol. The van der Waals surface area contributed by atoms with E-state index in [4.69, 9.17) is 4.74 Å². The summed E-state index contributed by atoms with van der Waals surface area (Å²) in [6, 6.07) is 13.4. The van der Waals surface area contributed by atoms with Crippen LogP contribution in [0.15, 0.2) is 48.5 Å². The summed E-state index contributed by atoms with van der Waals surface area (Å²) in [6.07, 6.45) is 0. The van der Waals surface area contributed by atoms with E-state index < -0.39 is 0 Å². The lowest BCUT2D eigenvalue weighted by Crippen LogP contribution is -2.88. The molecule has 2 amide bonds. The molecule has 0 aliphatic carbocycles. The number of carbonyl (C=O) groups excluding carboxylic acids is 2. The molecule has 2 aromatic carbocycles. The summed E-state index contributed by atoms with van der Waals surface area (Å²) in [5, 5.41) is 4.69. The van der Waals surface area contributed by atoms with Crippen LogP contribution < -0.4 is 15.4 Å². The van der Waals surface area contributed by atoms with Crippen LogP contribution in [0.25, 0.3) is 0 Å². The van der Waals surface area contributed by atoms with Gasteiger partial charge in [0.15, 0.2) is 6.54 Å². The number of nitrogens with one attached hydrogen (secondary N) is 1. The van der Waals surface area contributed by atoms with Gasteiger partial charge in [0.05, 0.1) is 13.7 Å². The van der Waals surface area contributed by atoms with Gasteiger partial charge in [-0.2, -0.15) is 0 Å². The smallest absolute Gasteiger partial charge is 0.277 e. The standard InChI is InChI=1S/C22H28FN3O3/c1-15(2)22(16-8-10-17(23)11-9-16)24-13-21(28)26(3)14-20(27)25-18-6-5-7-19(12-18)29-4/h5-12,15,22,24H,13-14H2,1-4H3,(H,25,27)/p+1/t22-/m0/s1. The Bertz CT molecular complexity index is 824. The topological polar surface area (TPSA) is 75.2 Å². The van der Waals surface area contributed by atoms with Gasteiger partial charge in [-0.25, -0.2) is 4.39 Å². The predicted molar refractivity (Wildman–Crippen MR) is 110 cm³/mol. The first-order chi connectivity index (χ1) is 13.8. The van der Waals surface area contributed by atoms with Crippen molar-refractivity contribution in [1.82, 2.24) is 4.90 Å². The van der Waals surface area contributed by atoms with Crippen molar-refractivity contribution in [1.29, 1.82) is 0 Å². The van der Waals surface area contributed by atoms with E-state index >= 15 is 0 Å². The molecule has 0 aliphatic heterocycles. The van der Waals surface area contributed by atoms with Crippen molar-refractivity contribution in [3.05, 3.63) is 59.9 Å². The van der Waals surface area contributed by atoms with Gasteiger partial charge in [-0.1, -0.05) is 32.0 Å². The van der Waals surface area contributed by atoms with Crippen LogP contribution in [0.4, 0.5) is 10.1 Å². The number of amides is 2. The summed E-state index contributed by atoms with van der Waals surface area (Å²) >= 11 is 0. The Morgan fingerprint density at radius 2 is 1.86 bits per heavy atom. The maximum Gasteiger partial charge on any atom is 0.277 e. The fourth-order valence-corrected chi connectivity index (χ4v) is 3.07.